The second kappa shape index (κ2) is 8.23. The molecule has 0 aromatic carbocycles. The van der Waals surface area contributed by atoms with E-state index >= 15 is 0 Å². The summed E-state index contributed by atoms with van der Waals surface area (Å²) in [5, 5.41) is 0. The van der Waals surface area contributed by atoms with Crippen LogP contribution in [0.4, 0.5) is 0 Å². The second-order valence-electron chi connectivity index (χ2n) is 6.33. The summed E-state index contributed by atoms with van der Waals surface area (Å²) in [5.41, 5.74) is 0. The van der Waals surface area contributed by atoms with Crippen LogP contribution in [0.2, 0.25) is 0 Å². The lowest BCUT2D eigenvalue weighted by Gasteiger charge is -2.43. The summed E-state index contributed by atoms with van der Waals surface area (Å²) in [6.07, 6.45) is 8.24. The summed E-state index contributed by atoms with van der Waals surface area (Å²) in [5.74, 6) is 0.918. The molecule has 2 saturated heterocycles. The standard InChI is InChI=1S/C16H32N2O/c1-3-17-10-5-9-16(14-17)18-11-4-7-15(13-18)8-6-12-19-2/h15-16H,3-14H2,1-2H3/t15-,16+/m0/s1. The Morgan fingerprint density at radius 2 is 1.95 bits per heavy atom. The third-order valence-electron chi connectivity index (χ3n) is 4.96. The fourth-order valence-corrected chi connectivity index (χ4v) is 3.80. The van der Waals surface area contributed by atoms with Gasteiger partial charge in [-0.15, -0.1) is 0 Å². The number of likely N-dealkylation sites (tertiary alicyclic amines) is 2. The van der Waals surface area contributed by atoms with Gasteiger partial charge in [0.15, 0.2) is 0 Å². The molecule has 0 spiro atoms. The Morgan fingerprint density at radius 3 is 2.74 bits per heavy atom. The highest BCUT2D eigenvalue weighted by molar-refractivity contribution is 4.84. The van der Waals surface area contributed by atoms with E-state index in [1.807, 2.05) is 7.11 Å². The molecule has 0 aromatic rings. The van der Waals surface area contributed by atoms with Crippen LogP contribution < -0.4 is 0 Å². The summed E-state index contributed by atoms with van der Waals surface area (Å²) >= 11 is 0. The first-order chi connectivity index (χ1) is 9.33. The largest absolute Gasteiger partial charge is 0.385 e. The lowest BCUT2D eigenvalue weighted by molar-refractivity contribution is 0.0607. The van der Waals surface area contributed by atoms with E-state index < -0.39 is 0 Å². The molecule has 0 N–H and O–H groups in total. The molecule has 2 fully saturated rings. The summed E-state index contributed by atoms with van der Waals surface area (Å²) in [4.78, 5) is 5.42. The van der Waals surface area contributed by atoms with Gasteiger partial charge in [-0.3, -0.25) is 4.90 Å². The SMILES string of the molecule is CCN1CCC[C@@H](N2CCC[C@@H](CCCOC)C2)C1. The van der Waals surface area contributed by atoms with Gasteiger partial charge in [-0.05, 0) is 64.1 Å². The Morgan fingerprint density at radius 1 is 1.11 bits per heavy atom. The van der Waals surface area contributed by atoms with Crippen LogP contribution in [0.25, 0.3) is 0 Å². The van der Waals surface area contributed by atoms with Crippen LogP contribution in [-0.2, 0) is 4.74 Å². The minimum atomic E-state index is 0.832. The van der Waals surface area contributed by atoms with Gasteiger partial charge in [0, 0.05) is 32.8 Å². The highest BCUT2D eigenvalue weighted by Crippen LogP contribution is 2.25. The van der Waals surface area contributed by atoms with Crippen molar-refractivity contribution >= 4 is 0 Å². The molecular formula is C16H32N2O. The molecule has 0 aliphatic carbocycles. The van der Waals surface area contributed by atoms with Gasteiger partial charge >= 0.3 is 0 Å². The highest BCUT2D eigenvalue weighted by Gasteiger charge is 2.28. The normalized spacial score (nSPS) is 30.6. The molecule has 19 heavy (non-hydrogen) atoms. The van der Waals surface area contributed by atoms with Gasteiger partial charge in [-0.25, -0.2) is 0 Å². The van der Waals surface area contributed by atoms with Gasteiger partial charge in [0.05, 0.1) is 0 Å². The van der Waals surface area contributed by atoms with Crippen molar-refractivity contribution < 1.29 is 4.74 Å². The van der Waals surface area contributed by atoms with Crippen LogP contribution in [0.3, 0.4) is 0 Å². The fourth-order valence-electron chi connectivity index (χ4n) is 3.80. The van der Waals surface area contributed by atoms with Crippen LogP contribution in [0, 0.1) is 5.92 Å². The number of rotatable bonds is 6. The van der Waals surface area contributed by atoms with Crippen LogP contribution in [0.1, 0.15) is 45.4 Å². The average Bonchev–Trinajstić information content (AvgIpc) is 2.48. The molecule has 2 aliphatic heterocycles. The van der Waals surface area contributed by atoms with Gasteiger partial charge in [-0.2, -0.15) is 0 Å². The molecule has 2 heterocycles. The molecule has 2 rings (SSSR count). The maximum atomic E-state index is 5.18. The van der Waals surface area contributed by atoms with E-state index in [-0.39, 0.29) is 0 Å². The Balaban J connectivity index is 1.76. The lowest BCUT2D eigenvalue weighted by atomic mass is 9.91. The summed E-state index contributed by atoms with van der Waals surface area (Å²) < 4.78 is 5.18. The monoisotopic (exact) mass is 268 g/mol. The summed E-state index contributed by atoms with van der Waals surface area (Å²) in [7, 11) is 1.81. The molecule has 2 aliphatic rings. The van der Waals surface area contributed by atoms with E-state index in [4.69, 9.17) is 4.74 Å². The van der Waals surface area contributed by atoms with Crippen molar-refractivity contribution in [1.82, 2.24) is 9.80 Å². The topological polar surface area (TPSA) is 15.7 Å². The molecule has 3 heteroatoms. The lowest BCUT2D eigenvalue weighted by Crippen LogP contribution is -2.51. The fraction of sp³-hybridized carbons (Fsp3) is 1.00. The van der Waals surface area contributed by atoms with E-state index in [1.165, 1.54) is 71.2 Å². The van der Waals surface area contributed by atoms with E-state index in [0.29, 0.717) is 0 Å². The van der Waals surface area contributed by atoms with Crippen molar-refractivity contribution in [3.05, 3.63) is 0 Å². The van der Waals surface area contributed by atoms with Crippen LogP contribution in [0.15, 0.2) is 0 Å². The first-order valence-corrected chi connectivity index (χ1v) is 8.28. The molecule has 3 nitrogen and oxygen atoms in total. The zero-order valence-corrected chi connectivity index (χ0v) is 12.9. The minimum Gasteiger partial charge on any atom is -0.385 e. The molecule has 0 bridgehead atoms. The summed E-state index contributed by atoms with van der Waals surface area (Å²) in [6, 6.07) is 0.832. The van der Waals surface area contributed by atoms with Crippen molar-refractivity contribution in [3.63, 3.8) is 0 Å². The second-order valence-corrected chi connectivity index (χ2v) is 6.33. The zero-order valence-electron chi connectivity index (χ0n) is 12.9. The Bertz CT molecular complexity index is 247. The molecule has 112 valence electrons. The number of likely N-dealkylation sites (N-methyl/N-ethyl adjacent to an activating group) is 1. The first-order valence-electron chi connectivity index (χ1n) is 8.28. The van der Waals surface area contributed by atoms with Crippen molar-refractivity contribution in [2.75, 3.05) is 46.4 Å². The predicted molar refractivity (Wildman–Crippen MR) is 80.5 cm³/mol. The molecule has 2 atom stereocenters. The van der Waals surface area contributed by atoms with Crippen molar-refractivity contribution in [2.45, 2.75) is 51.5 Å². The van der Waals surface area contributed by atoms with E-state index in [0.717, 1.165) is 18.6 Å². The van der Waals surface area contributed by atoms with Crippen molar-refractivity contribution in [1.29, 1.82) is 0 Å². The van der Waals surface area contributed by atoms with Crippen LogP contribution >= 0.6 is 0 Å². The minimum absolute atomic E-state index is 0.832. The van der Waals surface area contributed by atoms with Gasteiger partial charge in [0.2, 0.25) is 0 Å². The number of hydrogen-bond donors (Lipinski definition) is 0. The predicted octanol–water partition coefficient (Wildman–Crippen LogP) is 2.61. The molecule has 0 amide bonds. The maximum Gasteiger partial charge on any atom is 0.0462 e. The Hall–Kier alpha value is -0.120. The average molecular weight is 268 g/mol. The van der Waals surface area contributed by atoms with E-state index in [2.05, 4.69) is 16.7 Å². The number of methoxy groups -OCH3 is 1. The smallest absolute Gasteiger partial charge is 0.0462 e. The van der Waals surface area contributed by atoms with Gasteiger partial charge in [0.1, 0.15) is 0 Å². The Kier molecular flexibility index (Phi) is 6.62. The van der Waals surface area contributed by atoms with E-state index in [9.17, 15) is 0 Å². The number of hydrogen-bond acceptors (Lipinski definition) is 3. The highest BCUT2D eigenvalue weighted by atomic mass is 16.5. The van der Waals surface area contributed by atoms with Crippen LogP contribution in [-0.4, -0.2) is 62.3 Å². The quantitative estimate of drug-likeness (QED) is 0.689. The maximum absolute atomic E-state index is 5.18. The first kappa shape index (κ1) is 15.3. The molecule has 0 saturated carbocycles. The van der Waals surface area contributed by atoms with Gasteiger partial charge < -0.3 is 9.64 Å². The van der Waals surface area contributed by atoms with Gasteiger partial charge in [-0.1, -0.05) is 6.92 Å². The Labute approximate surface area is 119 Å². The molecule has 0 unspecified atom stereocenters. The van der Waals surface area contributed by atoms with E-state index in [1.54, 1.807) is 0 Å². The van der Waals surface area contributed by atoms with Crippen molar-refractivity contribution in [2.24, 2.45) is 5.92 Å². The molecular weight excluding hydrogens is 236 g/mol. The van der Waals surface area contributed by atoms with Crippen molar-refractivity contribution in [3.8, 4) is 0 Å². The molecule has 0 aromatic heterocycles. The zero-order chi connectivity index (χ0) is 13.5. The number of nitrogens with zero attached hydrogens (tertiary/aromatic N) is 2. The van der Waals surface area contributed by atoms with Crippen LogP contribution in [0.5, 0.6) is 0 Å². The third-order valence-corrected chi connectivity index (χ3v) is 4.96. The van der Waals surface area contributed by atoms with Gasteiger partial charge in [0.25, 0.3) is 0 Å². The third kappa shape index (κ3) is 4.73. The number of piperidine rings is 2. The number of ether oxygens (including phenoxy) is 1. The summed E-state index contributed by atoms with van der Waals surface area (Å²) in [6.45, 7) is 9.76. The molecule has 0 radical (unpaired) electrons.